The summed E-state index contributed by atoms with van der Waals surface area (Å²) in [7, 11) is 0. The molecule has 0 unspecified atom stereocenters. The lowest BCUT2D eigenvalue weighted by Crippen LogP contribution is -2.45. The van der Waals surface area contributed by atoms with Crippen molar-refractivity contribution in [1.82, 2.24) is 5.32 Å². The van der Waals surface area contributed by atoms with Crippen molar-refractivity contribution in [2.75, 3.05) is 10.6 Å². The van der Waals surface area contributed by atoms with Crippen molar-refractivity contribution in [2.45, 2.75) is 46.7 Å². The van der Waals surface area contributed by atoms with Crippen LogP contribution in [0.3, 0.4) is 0 Å². The number of urea groups is 1. The molecule has 1 rings (SSSR count). The second-order valence-electron chi connectivity index (χ2n) is 6.66. The Morgan fingerprint density at radius 2 is 1.45 bits per heavy atom. The van der Waals surface area contributed by atoms with Crippen LogP contribution in [0.1, 0.15) is 34.6 Å². The molecule has 0 bridgehead atoms. The summed E-state index contributed by atoms with van der Waals surface area (Å²) in [6.45, 7) is 9.51. The van der Waals surface area contributed by atoms with E-state index in [1.165, 1.54) is 0 Å². The number of hydrogen-bond donors (Lipinski definition) is 4. The second-order valence-corrected chi connectivity index (χ2v) is 6.66. The highest BCUT2D eigenvalue weighted by atomic mass is 16.2. The summed E-state index contributed by atoms with van der Waals surface area (Å²) >= 11 is 0. The van der Waals surface area contributed by atoms with E-state index in [4.69, 9.17) is 5.73 Å². The normalized spacial score (nSPS) is 12.7. The number of nitrogens with two attached hydrogens (primary N) is 1. The molecule has 5 N–H and O–H groups in total. The SMILES string of the molecule is CC(C)NC(=O)Nc1ccc(NC(=O)[C@@H](N)C(C)(C)C)cc1. The van der Waals surface area contributed by atoms with Crippen LogP contribution in [0.5, 0.6) is 0 Å². The average Bonchev–Trinajstić information content (AvgIpc) is 2.38. The van der Waals surface area contributed by atoms with Crippen LogP contribution in [0.2, 0.25) is 0 Å². The molecule has 1 aromatic carbocycles. The molecule has 1 aromatic rings. The maximum Gasteiger partial charge on any atom is 0.319 e. The molecular weight excluding hydrogens is 280 g/mol. The van der Waals surface area contributed by atoms with E-state index in [0.29, 0.717) is 11.4 Å². The molecule has 1 atom stereocenters. The average molecular weight is 306 g/mol. The summed E-state index contributed by atoms with van der Waals surface area (Å²) in [6, 6.07) is 6.09. The number of rotatable bonds is 4. The first-order chi connectivity index (χ1) is 10.1. The third-order valence-electron chi connectivity index (χ3n) is 3.05. The van der Waals surface area contributed by atoms with Gasteiger partial charge in [0, 0.05) is 17.4 Å². The number of amides is 3. The summed E-state index contributed by atoms with van der Waals surface area (Å²) in [5, 5.41) is 8.22. The van der Waals surface area contributed by atoms with Crippen molar-refractivity contribution in [3.63, 3.8) is 0 Å². The summed E-state index contributed by atoms with van der Waals surface area (Å²) in [5.41, 5.74) is 6.89. The Kier molecular flexibility index (Phi) is 5.93. The lowest BCUT2D eigenvalue weighted by atomic mass is 9.87. The molecule has 6 nitrogen and oxygen atoms in total. The largest absolute Gasteiger partial charge is 0.336 e. The van der Waals surface area contributed by atoms with Gasteiger partial charge < -0.3 is 21.7 Å². The van der Waals surface area contributed by atoms with E-state index in [-0.39, 0.29) is 23.4 Å². The second kappa shape index (κ2) is 7.26. The third-order valence-corrected chi connectivity index (χ3v) is 3.05. The molecule has 22 heavy (non-hydrogen) atoms. The Balaban J connectivity index is 2.62. The quantitative estimate of drug-likeness (QED) is 0.688. The highest BCUT2D eigenvalue weighted by Crippen LogP contribution is 2.19. The van der Waals surface area contributed by atoms with E-state index in [2.05, 4.69) is 16.0 Å². The number of carbonyl (C=O) groups excluding carboxylic acids is 2. The summed E-state index contributed by atoms with van der Waals surface area (Å²) in [6.07, 6.45) is 0. The molecule has 0 saturated heterocycles. The van der Waals surface area contributed by atoms with Crippen LogP contribution in [0.15, 0.2) is 24.3 Å². The fourth-order valence-electron chi connectivity index (χ4n) is 1.68. The van der Waals surface area contributed by atoms with Gasteiger partial charge in [-0.05, 0) is 43.5 Å². The smallest absolute Gasteiger partial charge is 0.319 e. The minimum absolute atomic E-state index is 0.0671. The van der Waals surface area contributed by atoms with Gasteiger partial charge in [0.1, 0.15) is 0 Å². The molecule has 3 amide bonds. The molecule has 0 spiro atoms. The first-order valence-electron chi connectivity index (χ1n) is 7.33. The highest BCUT2D eigenvalue weighted by molar-refractivity contribution is 5.95. The molecular formula is C16H26N4O2. The topological polar surface area (TPSA) is 96.2 Å². The predicted octanol–water partition coefficient (Wildman–Crippen LogP) is 2.53. The number of anilines is 2. The van der Waals surface area contributed by atoms with E-state index in [1.807, 2.05) is 34.6 Å². The fraction of sp³-hybridized carbons (Fsp3) is 0.500. The molecule has 6 heteroatoms. The first-order valence-corrected chi connectivity index (χ1v) is 7.33. The van der Waals surface area contributed by atoms with Gasteiger partial charge in [-0.2, -0.15) is 0 Å². The van der Waals surface area contributed by atoms with E-state index in [9.17, 15) is 9.59 Å². The fourth-order valence-corrected chi connectivity index (χ4v) is 1.68. The number of nitrogens with one attached hydrogen (secondary N) is 3. The minimum atomic E-state index is -0.595. The minimum Gasteiger partial charge on any atom is -0.336 e. The van der Waals surface area contributed by atoms with Crippen LogP contribution in [0.25, 0.3) is 0 Å². The van der Waals surface area contributed by atoms with E-state index in [1.54, 1.807) is 24.3 Å². The van der Waals surface area contributed by atoms with Crippen molar-refractivity contribution in [2.24, 2.45) is 11.1 Å². The van der Waals surface area contributed by atoms with Gasteiger partial charge in [-0.15, -0.1) is 0 Å². The predicted molar refractivity (Wildman–Crippen MR) is 89.8 cm³/mol. The van der Waals surface area contributed by atoms with Gasteiger partial charge in [-0.1, -0.05) is 20.8 Å². The Morgan fingerprint density at radius 3 is 1.86 bits per heavy atom. The van der Waals surface area contributed by atoms with Crippen molar-refractivity contribution in [3.05, 3.63) is 24.3 Å². The summed E-state index contributed by atoms with van der Waals surface area (Å²) < 4.78 is 0. The first kappa shape index (κ1) is 18.0. The van der Waals surface area contributed by atoms with Crippen molar-refractivity contribution >= 4 is 23.3 Å². The lowest BCUT2D eigenvalue weighted by Gasteiger charge is -2.25. The monoisotopic (exact) mass is 306 g/mol. The summed E-state index contributed by atoms with van der Waals surface area (Å²) in [4.78, 5) is 23.6. The molecule has 0 fully saturated rings. The van der Waals surface area contributed by atoms with Crippen LogP contribution in [-0.4, -0.2) is 24.0 Å². The van der Waals surface area contributed by atoms with Crippen LogP contribution in [0.4, 0.5) is 16.2 Å². The Hall–Kier alpha value is -2.08. The Labute approximate surface area is 131 Å². The van der Waals surface area contributed by atoms with Crippen LogP contribution in [-0.2, 0) is 4.79 Å². The molecule has 0 heterocycles. The number of carbonyl (C=O) groups is 2. The van der Waals surface area contributed by atoms with Gasteiger partial charge in [0.05, 0.1) is 6.04 Å². The lowest BCUT2D eigenvalue weighted by molar-refractivity contribution is -0.119. The van der Waals surface area contributed by atoms with Crippen molar-refractivity contribution in [1.29, 1.82) is 0 Å². The maximum absolute atomic E-state index is 12.0. The third kappa shape index (κ3) is 5.73. The van der Waals surface area contributed by atoms with Gasteiger partial charge in [-0.3, -0.25) is 4.79 Å². The zero-order valence-electron chi connectivity index (χ0n) is 13.9. The molecule has 0 saturated carbocycles. The van der Waals surface area contributed by atoms with Crippen LogP contribution < -0.4 is 21.7 Å². The van der Waals surface area contributed by atoms with Crippen molar-refractivity contribution < 1.29 is 9.59 Å². The zero-order valence-corrected chi connectivity index (χ0v) is 13.9. The highest BCUT2D eigenvalue weighted by Gasteiger charge is 2.27. The van der Waals surface area contributed by atoms with Gasteiger partial charge >= 0.3 is 6.03 Å². The molecule has 122 valence electrons. The molecule has 0 aliphatic rings. The number of hydrogen-bond acceptors (Lipinski definition) is 3. The van der Waals surface area contributed by atoms with Gasteiger partial charge in [0.15, 0.2) is 0 Å². The van der Waals surface area contributed by atoms with Crippen LogP contribution in [0, 0.1) is 5.41 Å². The standard InChI is InChI=1S/C16H26N4O2/c1-10(2)18-15(22)20-12-8-6-11(7-9-12)19-14(21)13(17)16(3,4)5/h6-10,13H,17H2,1-5H3,(H,19,21)(H2,18,20,22)/t13-/m1/s1. The van der Waals surface area contributed by atoms with Gasteiger partial charge in [-0.25, -0.2) is 4.79 Å². The van der Waals surface area contributed by atoms with Crippen molar-refractivity contribution in [3.8, 4) is 0 Å². The number of benzene rings is 1. The molecule has 0 aliphatic carbocycles. The van der Waals surface area contributed by atoms with Gasteiger partial charge in [0.25, 0.3) is 0 Å². The van der Waals surface area contributed by atoms with Crippen LogP contribution >= 0.6 is 0 Å². The summed E-state index contributed by atoms with van der Waals surface area (Å²) in [5.74, 6) is -0.231. The molecule has 0 radical (unpaired) electrons. The molecule has 0 aliphatic heterocycles. The van der Waals surface area contributed by atoms with E-state index in [0.717, 1.165) is 0 Å². The molecule has 0 aromatic heterocycles. The Morgan fingerprint density at radius 1 is 1.00 bits per heavy atom. The zero-order chi connectivity index (χ0) is 16.9. The van der Waals surface area contributed by atoms with Gasteiger partial charge in [0.2, 0.25) is 5.91 Å². The van der Waals surface area contributed by atoms with E-state index >= 15 is 0 Å². The van der Waals surface area contributed by atoms with E-state index < -0.39 is 6.04 Å². The Bertz CT molecular complexity index is 518. The maximum atomic E-state index is 12.0.